The van der Waals surface area contributed by atoms with Crippen LogP contribution in [0.25, 0.3) is 0 Å². The number of carbonyl (C=O) groups excluding carboxylic acids is 1. The molecule has 1 atom stereocenters. The number of halogens is 2. The Morgan fingerprint density at radius 2 is 2.00 bits per heavy atom. The third-order valence-corrected chi connectivity index (χ3v) is 4.34. The standard InChI is InChI=1S/C13H25N3O2.2ClH/c1-16(2)13(5-8-18-9-6-13)10-15-12(17)11-4-3-7-14-11;;/h11,14H,3-10H2,1-2H3,(H,15,17);2*1H. The van der Waals surface area contributed by atoms with Crippen molar-refractivity contribution in [1.82, 2.24) is 15.5 Å². The maximum Gasteiger partial charge on any atom is 0.237 e. The predicted octanol–water partition coefficient (Wildman–Crippen LogP) is 0.809. The van der Waals surface area contributed by atoms with E-state index >= 15 is 0 Å². The lowest BCUT2D eigenvalue weighted by Gasteiger charge is -2.43. The molecule has 20 heavy (non-hydrogen) atoms. The maximum absolute atomic E-state index is 12.0. The molecule has 0 aromatic heterocycles. The molecular formula is C13H27Cl2N3O2. The van der Waals surface area contributed by atoms with Gasteiger partial charge in [-0.1, -0.05) is 0 Å². The van der Waals surface area contributed by atoms with Crippen molar-refractivity contribution < 1.29 is 9.53 Å². The van der Waals surface area contributed by atoms with E-state index in [1.807, 2.05) is 0 Å². The second-order valence-corrected chi connectivity index (χ2v) is 5.60. The lowest BCUT2D eigenvalue weighted by atomic mass is 9.88. The molecule has 2 saturated heterocycles. The first kappa shape index (κ1) is 19.9. The van der Waals surface area contributed by atoms with Crippen LogP contribution in [0.4, 0.5) is 0 Å². The van der Waals surface area contributed by atoms with Gasteiger partial charge in [-0.15, -0.1) is 24.8 Å². The highest BCUT2D eigenvalue weighted by Crippen LogP contribution is 2.25. The summed E-state index contributed by atoms with van der Waals surface area (Å²) < 4.78 is 5.43. The van der Waals surface area contributed by atoms with Crippen LogP contribution in [0.2, 0.25) is 0 Å². The lowest BCUT2D eigenvalue weighted by Crippen LogP contribution is -2.57. The third kappa shape index (κ3) is 4.74. The van der Waals surface area contributed by atoms with Gasteiger partial charge in [0.15, 0.2) is 0 Å². The van der Waals surface area contributed by atoms with Gasteiger partial charge in [0.05, 0.1) is 6.04 Å². The smallest absolute Gasteiger partial charge is 0.237 e. The second kappa shape index (κ2) is 9.05. The van der Waals surface area contributed by atoms with Gasteiger partial charge in [-0.25, -0.2) is 0 Å². The molecule has 1 amide bonds. The van der Waals surface area contributed by atoms with Crippen molar-refractivity contribution in [3.05, 3.63) is 0 Å². The average molecular weight is 328 g/mol. The van der Waals surface area contributed by atoms with E-state index in [9.17, 15) is 4.79 Å². The number of carbonyl (C=O) groups is 1. The summed E-state index contributed by atoms with van der Waals surface area (Å²) in [5, 5.41) is 6.35. The molecule has 1 unspecified atom stereocenters. The van der Waals surface area contributed by atoms with E-state index in [0.717, 1.165) is 52.0 Å². The minimum atomic E-state index is 0. The molecule has 7 heteroatoms. The monoisotopic (exact) mass is 327 g/mol. The maximum atomic E-state index is 12.0. The summed E-state index contributed by atoms with van der Waals surface area (Å²) in [6.07, 6.45) is 4.03. The summed E-state index contributed by atoms with van der Waals surface area (Å²) in [7, 11) is 4.18. The predicted molar refractivity (Wildman–Crippen MR) is 85.0 cm³/mol. The molecule has 2 aliphatic rings. The molecule has 2 fully saturated rings. The number of hydrogen-bond donors (Lipinski definition) is 2. The van der Waals surface area contributed by atoms with E-state index in [4.69, 9.17) is 4.74 Å². The summed E-state index contributed by atoms with van der Waals surface area (Å²) in [6.45, 7) is 3.26. The van der Waals surface area contributed by atoms with E-state index < -0.39 is 0 Å². The molecule has 5 nitrogen and oxygen atoms in total. The summed E-state index contributed by atoms with van der Waals surface area (Å²) in [5.41, 5.74) is 0.0620. The molecular weight excluding hydrogens is 301 g/mol. The van der Waals surface area contributed by atoms with Gasteiger partial charge in [-0.2, -0.15) is 0 Å². The number of amides is 1. The zero-order chi connectivity index (χ0) is 13.0. The van der Waals surface area contributed by atoms with E-state index in [1.165, 1.54) is 0 Å². The minimum Gasteiger partial charge on any atom is -0.381 e. The van der Waals surface area contributed by atoms with E-state index in [1.54, 1.807) is 0 Å². The second-order valence-electron chi connectivity index (χ2n) is 5.60. The van der Waals surface area contributed by atoms with Gasteiger partial charge >= 0.3 is 0 Å². The van der Waals surface area contributed by atoms with Crippen LogP contribution in [0.1, 0.15) is 25.7 Å². The molecule has 2 aliphatic heterocycles. The van der Waals surface area contributed by atoms with Crippen molar-refractivity contribution in [3.63, 3.8) is 0 Å². The number of nitrogens with zero attached hydrogens (tertiary/aromatic N) is 1. The zero-order valence-electron chi connectivity index (χ0n) is 12.3. The van der Waals surface area contributed by atoms with Crippen LogP contribution in [0, 0.1) is 0 Å². The topological polar surface area (TPSA) is 53.6 Å². The van der Waals surface area contributed by atoms with Crippen LogP contribution < -0.4 is 10.6 Å². The van der Waals surface area contributed by atoms with Gasteiger partial charge in [0.2, 0.25) is 5.91 Å². The Morgan fingerprint density at radius 1 is 1.35 bits per heavy atom. The number of ether oxygens (including phenoxy) is 1. The zero-order valence-corrected chi connectivity index (χ0v) is 13.9. The first-order valence-electron chi connectivity index (χ1n) is 6.90. The van der Waals surface area contributed by atoms with Gasteiger partial charge in [0.1, 0.15) is 0 Å². The molecule has 0 radical (unpaired) electrons. The molecule has 0 aromatic carbocycles. The summed E-state index contributed by atoms with van der Waals surface area (Å²) in [5.74, 6) is 0.153. The molecule has 0 aromatic rings. The molecule has 2 rings (SSSR count). The van der Waals surface area contributed by atoms with Gasteiger partial charge in [-0.3, -0.25) is 4.79 Å². The molecule has 0 spiro atoms. The normalized spacial score (nSPS) is 24.6. The van der Waals surface area contributed by atoms with Crippen LogP contribution in [0.5, 0.6) is 0 Å². The van der Waals surface area contributed by atoms with Gasteiger partial charge in [0, 0.05) is 25.3 Å². The van der Waals surface area contributed by atoms with E-state index in [-0.39, 0.29) is 42.3 Å². The molecule has 0 saturated carbocycles. The summed E-state index contributed by atoms with van der Waals surface area (Å²) >= 11 is 0. The fourth-order valence-electron chi connectivity index (χ4n) is 2.82. The number of hydrogen-bond acceptors (Lipinski definition) is 4. The SMILES string of the molecule is CN(C)C1(CNC(=O)C2CCCN2)CCOCC1.Cl.Cl. The average Bonchev–Trinajstić information content (AvgIpc) is 2.91. The van der Waals surface area contributed by atoms with Gasteiger partial charge in [0.25, 0.3) is 0 Å². The van der Waals surface area contributed by atoms with Crippen molar-refractivity contribution in [3.8, 4) is 0 Å². The molecule has 0 bridgehead atoms. The van der Waals surface area contributed by atoms with Crippen molar-refractivity contribution in [2.24, 2.45) is 0 Å². The highest BCUT2D eigenvalue weighted by Gasteiger charge is 2.35. The minimum absolute atomic E-state index is 0. The van der Waals surface area contributed by atoms with E-state index in [0.29, 0.717) is 0 Å². The quantitative estimate of drug-likeness (QED) is 0.802. The van der Waals surface area contributed by atoms with Crippen molar-refractivity contribution >= 4 is 30.7 Å². The Kier molecular flexibility index (Phi) is 9.02. The first-order valence-corrected chi connectivity index (χ1v) is 6.90. The highest BCUT2D eigenvalue weighted by molar-refractivity contribution is 5.85. The number of likely N-dealkylation sites (N-methyl/N-ethyl adjacent to an activating group) is 1. The van der Waals surface area contributed by atoms with Gasteiger partial charge < -0.3 is 20.3 Å². The van der Waals surface area contributed by atoms with Crippen molar-refractivity contribution in [2.45, 2.75) is 37.3 Å². The van der Waals surface area contributed by atoms with Crippen LogP contribution in [-0.2, 0) is 9.53 Å². The Labute approximate surface area is 134 Å². The number of nitrogens with one attached hydrogen (secondary N) is 2. The van der Waals surface area contributed by atoms with Crippen LogP contribution in [0.15, 0.2) is 0 Å². The van der Waals surface area contributed by atoms with Crippen LogP contribution in [-0.4, -0.2) is 62.8 Å². The molecule has 2 heterocycles. The molecule has 120 valence electrons. The fraction of sp³-hybridized carbons (Fsp3) is 0.923. The van der Waals surface area contributed by atoms with Crippen LogP contribution in [0.3, 0.4) is 0 Å². The molecule has 2 N–H and O–H groups in total. The van der Waals surface area contributed by atoms with Crippen molar-refractivity contribution in [2.75, 3.05) is 40.4 Å². The lowest BCUT2D eigenvalue weighted by molar-refractivity contribution is -0.123. The number of rotatable bonds is 4. The first-order chi connectivity index (χ1) is 8.64. The highest BCUT2D eigenvalue weighted by atomic mass is 35.5. The summed E-state index contributed by atoms with van der Waals surface area (Å²) in [4.78, 5) is 14.3. The summed E-state index contributed by atoms with van der Waals surface area (Å²) in [6, 6.07) is 0.0176. The van der Waals surface area contributed by atoms with E-state index in [2.05, 4.69) is 29.6 Å². The Morgan fingerprint density at radius 3 is 2.50 bits per heavy atom. The Hall–Kier alpha value is -0.0700. The van der Waals surface area contributed by atoms with Crippen LogP contribution >= 0.6 is 24.8 Å². The molecule has 0 aliphatic carbocycles. The fourth-order valence-corrected chi connectivity index (χ4v) is 2.82. The largest absolute Gasteiger partial charge is 0.381 e. The van der Waals surface area contributed by atoms with Gasteiger partial charge in [-0.05, 0) is 46.3 Å². The van der Waals surface area contributed by atoms with Crippen molar-refractivity contribution in [1.29, 1.82) is 0 Å². The Balaban J connectivity index is 0.00000180. The Bertz CT molecular complexity index is 291. The third-order valence-electron chi connectivity index (χ3n) is 4.34.